The summed E-state index contributed by atoms with van der Waals surface area (Å²) in [6.45, 7) is 4.40. The molecule has 1 N–H and O–H groups in total. The third-order valence-corrected chi connectivity index (χ3v) is 4.51. The normalized spacial score (nSPS) is 11.5. The Hall–Kier alpha value is -3.27. The van der Waals surface area contributed by atoms with Crippen LogP contribution in [0.4, 0.5) is 5.69 Å². The number of aryl methyl sites for hydroxylation is 1. The van der Waals surface area contributed by atoms with Crippen LogP contribution in [-0.4, -0.2) is 12.0 Å². The first kappa shape index (κ1) is 20.5. The van der Waals surface area contributed by atoms with Gasteiger partial charge in [-0.15, -0.1) is 0 Å². The van der Waals surface area contributed by atoms with Crippen molar-refractivity contribution in [1.29, 1.82) is 0 Å². The molecule has 3 rings (SSSR count). The first-order chi connectivity index (χ1) is 14.1. The number of benzene rings is 3. The van der Waals surface area contributed by atoms with Crippen molar-refractivity contribution in [2.45, 2.75) is 39.4 Å². The molecule has 4 nitrogen and oxygen atoms in total. The Bertz CT molecular complexity index is 890. The minimum atomic E-state index is -0.596. The number of anilines is 1. The topological polar surface area (TPSA) is 47.6 Å². The average Bonchev–Trinajstić information content (AvgIpc) is 2.75. The summed E-state index contributed by atoms with van der Waals surface area (Å²) < 4.78 is 11.5. The second-order valence-electron chi connectivity index (χ2n) is 6.94. The molecule has 0 heterocycles. The summed E-state index contributed by atoms with van der Waals surface area (Å²) >= 11 is 0. The highest BCUT2D eigenvalue weighted by atomic mass is 16.5. The van der Waals surface area contributed by atoms with E-state index in [1.165, 1.54) is 5.56 Å². The summed E-state index contributed by atoms with van der Waals surface area (Å²) in [6, 6.07) is 25.2. The molecule has 1 unspecified atom stereocenters. The van der Waals surface area contributed by atoms with E-state index in [1.54, 1.807) is 6.92 Å². The van der Waals surface area contributed by atoms with Gasteiger partial charge in [0.05, 0.1) is 0 Å². The van der Waals surface area contributed by atoms with Crippen molar-refractivity contribution in [1.82, 2.24) is 0 Å². The Labute approximate surface area is 172 Å². The Kier molecular flexibility index (Phi) is 7.28. The van der Waals surface area contributed by atoms with E-state index in [9.17, 15) is 4.79 Å². The van der Waals surface area contributed by atoms with Gasteiger partial charge in [0.15, 0.2) is 6.10 Å². The monoisotopic (exact) mass is 389 g/mol. The van der Waals surface area contributed by atoms with Crippen LogP contribution in [0.2, 0.25) is 0 Å². The highest BCUT2D eigenvalue weighted by molar-refractivity contribution is 5.94. The molecule has 1 amide bonds. The van der Waals surface area contributed by atoms with Crippen molar-refractivity contribution < 1.29 is 14.3 Å². The molecule has 4 heteroatoms. The van der Waals surface area contributed by atoms with E-state index in [4.69, 9.17) is 9.47 Å². The van der Waals surface area contributed by atoms with Gasteiger partial charge in [-0.2, -0.15) is 0 Å². The van der Waals surface area contributed by atoms with Crippen molar-refractivity contribution in [3.63, 3.8) is 0 Å². The molecule has 0 aliphatic heterocycles. The fraction of sp³-hybridized carbons (Fsp3) is 0.240. The van der Waals surface area contributed by atoms with Crippen molar-refractivity contribution >= 4 is 11.6 Å². The molecule has 0 aliphatic carbocycles. The standard InChI is InChI=1S/C25H27NO3/c1-3-7-20-10-14-24(15-11-20)29-19(2)25(27)26-22-12-16-23(17-13-22)28-18-21-8-5-4-6-9-21/h4-6,8-17,19H,3,7,18H2,1-2H3,(H,26,27). The van der Waals surface area contributed by atoms with Gasteiger partial charge >= 0.3 is 0 Å². The Morgan fingerprint density at radius 1 is 0.862 bits per heavy atom. The minimum Gasteiger partial charge on any atom is -0.489 e. The number of amides is 1. The van der Waals surface area contributed by atoms with Crippen LogP contribution in [0, 0.1) is 0 Å². The van der Waals surface area contributed by atoms with E-state index in [0.29, 0.717) is 18.0 Å². The number of ether oxygens (including phenoxy) is 2. The van der Waals surface area contributed by atoms with E-state index in [0.717, 1.165) is 24.2 Å². The van der Waals surface area contributed by atoms with Gasteiger partial charge in [-0.25, -0.2) is 0 Å². The summed E-state index contributed by atoms with van der Waals surface area (Å²) in [4.78, 5) is 12.4. The maximum absolute atomic E-state index is 12.4. The highest BCUT2D eigenvalue weighted by Crippen LogP contribution is 2.19. The molecule has 1 atom stereocenters. The SMILES string of the molecule is CCCc1ccc(OC(C)C(=O)Nc2ccc(OCc3ccccc3)cc2)cc1. The Balaban J connectivity index is 1.49. The number of hydrogen-bond acceptors (Lipinski definition) is 3. The molecule has 29 heavy (non-hydrogen) atoms. The van der Waals surface area contributed by atoms with Crippen molar-refractivity contribution in [3.8, 4) is 11.5 Å². The molecule has 0 saturated heterocycles. The van der Waals surface area contributed by atoms with Crippen LogP contribution in [0.1, 0.15) is 31.4 Å². The summed E-state index contributed by atoms with van der Waals surface area (Å²) in [7, 11) is 0. The molecule has 3 aromatic carbocycles. The Morgan fingerprint density at radius 3 is 2.17 bits per heavy atom. The predicted molar refractivity (Wildman–Crippen MR) is 116 cm³/mol. The zero-order valence-corrected chi connectivity index (χ0v) is 16.9. The first-order valence-electron chi connectivity index (χ1n) is 9.97. The average molecular weight is 389 g/mol. The second kappa shape index (κ2) is 10.3. The van der Waals surface area contributed by atoms with E-state index >= 15 is 0 Å². The number of rotatable bonds is 9. The lowest BCUT2D eigenvalue weighted by atomic mass is 10.1. The van der Waals surface area contributed by atoms with Crippen LogP contribution in [-0.2, 0) is 17.8 Å². The van der Waals surface area contributed by atoms with E-state index in [2.05, 4.69) is 12.2 Å². The molecule has 0 bridgehead atoms. The predicted octanol–water partition coefficient (Wildman–Crippen LogP) is 5.62. The zero-order chi connectivity index (χ0) is 20.5. The van der Waals surface area contributed by atoms with Gasteiger partial charge in [0, 0.05) is 5.69 Å². The molecular weight excluding hydrogens is 362 g/mol. The third kappa shape index (κ3) is 6.39. The van der Waals surface area contributed by atoms with Crippen molar-refractivity contribution in [3.05, 3.63) is 90.0 Å². The quantitative estimate of drug-likeness (QED) is 0.516. The van der Waals surface area contributed by atoms with E-state index in [-0.39, 0.29) is 5.91 Å². The molecule has 0 radical (unpaired) electrons. The van der Waals surface area contributed by atoms with Gasteiger partial charge in [0.2, 0.25) is 0 Å². The molecular formula is C25H27NO3. The summed E-state index contributed by atoms with van der Waals surface area (Å²) in [5.41, 5.74) is 3.08. The molecule has 0 aliphatic rings. The van der Waals surface area contributed by atoms with Crippen molar-refractivity contribution in [2.24, 2.45) is 0 Å². The van der Waals surface area contributed by atoms with Crippen molar-refractivity contribution in [2.75, 3.05) is 5.32 Å². The van der Waals surface area contributed by atoms with Crippen LogP contribution >= 0.6 is 0 Å². The van der Waals surface area contributed by atoms with Crippen LogP contribution in [0.15, 0.2) is 78.9 Å². The molecule has 3 aromatic rings. The van der Waals surface area contributed by atoms with Crippen LogP contribution in [0.3, 0.4) is 0 Å². The molecule has 0 spiro atoms. The fourth-order valence-corrected chi connectivity index (χ4v) is 2.90. The maximum Gasteiger partial charge on any atom is 0.265 e. The van der Waals surface area contributed by atoms with Gasteiger partial charge in [0.25, 0.3) is 5.91 Å². The zero-order valence-electron chi connectivity index (χ0n) is 16.9. The minimum absolute atomic E-state index is 0.194. The first-order valence-corrected chi connectivity index (χ1v) is 9.97. The van der Waals surface area contributed by atoms with Gasteiger partial charge in [-0.3, -0.25) is 4.79 Å². The van der Waals surface area contributed by atoms with E-state index in [1.807, 2.05) is 78.9 Å². The second-order valence-corrected chi connectivity index (χ2v) is 6.94. The molecule has 0 aromatic heterocycles. The van der Waals surface area contributed by atoms with Crippen LogP contribution < -0.4 is 14.8 Å². The largest absolute Gasteiger partial charge is 0.489 e. The smallest absolute Gasteiger partial charge is 0.265 e. The number of carbonyl (C=O) groups is 1. The molecule has 0 fully saturated rings. The van der Waals surface area contributed by atoms with Crippen LogP contribution in [0.5, 0.6) is 11.5 Å². The number of hydrogen-bond donors (Lipinski definition) is 1. The lowest BCUT2D eigenvalue weighted by Gasteiger charge is -2.15. The third-order valence-electron chi connectivity index (χ3n) is 4.51. The molecule has 150 valence electrons. The number of carbonyl (C=O) groups excluding carboxylic acids is 1. The summed E-state index contributed by atoms with van der Waals surface area (Å²) in [5, 5.41) is 2.88. The van der Waals surface area contributed by atoms with E-state index < -0.39 is 6.10 Å². The summed E-state index contributed by atoms with van der Waals surface area (Å²) in [5.74, 6) is 1.25. The highest BCUT2D eigenvalue weighted by Gasteiger charge is 2.15. The van der Waals surface area contributed by atoms with Gasteiger partial charge in [-0.05, 0) is 60.9 Å². The Morgan fingerprint density at radius 2 is 1.52 bits per heavy atom. The van der Waals surface area contributed by atoms with Crippen LogP contribution in [0.25, 0.3) is 0 Å². The summed E-state index contributed by atoms with van der Waals surface area (Å²) in [6.07, 6.45) is 1.55. The fourth-order valence-electron chi connectivity index (χ4n) is 2.90. The lowest BCUT2D eigenvalue weighted by Crippen LogP contribution is -2.30. The van der Waals surface area contributed by atoms with Gasteiger partial charge < -0.3 is 14.8 Å². The lowest BCUT2D eigenvalue weighted by molar-refractivity contribution is -0.122. The van der Waals surface area contributed by atoms with Gasteiger partial charge in [-0.1, -0.05) is 55.8 Å². The van der Waals surface area contributed by atoms with Gasteiger partial charge in [0.1, 0.15) is 18.1 Å². The number of nitrogens with one attached hydrogen (secondary N) is 1. The molecule has 0 saturated carbocycles. The maximum atomic E-state index is 12.4.